The van der Waals surface area contributed by atoms with Crippen LogP contribution in [0.1, 0.15) is 19.7 Å². The van der Waals surface area contributed by atoms with Gasteiger partial charge in [0.15, 0.2) is 5.82 Å². The molecule has 0 unspecified atom stereocenters. The number of aromatic nitrogens is 2. The van der Waals surface area contributed by atoms with Gasteiger partial charge >= 0.3 is 0 Å². The Bertz CT molecular complexity index is 532. The van der Waals surface area contributed by atoms with Crippen LogP contribution in [0, 0.1) is 0 Å². The second kappa shape index (κ2) is 7.45. The highest BCUT2D eigenvalue weighted by molar-refractivity contribution is 5.39. The van der Waals surface area contributed by atoms with Crippen molar-refractivity contribution >= 4 is 5.82 Å². The van der Waals surface area contributed by atoms with Crippen molar-refractivity contribution < 1.29 is 9.47 Å². The summed E-state index contributed by atoms with van der Waals surface area (Å²) in [5, 5.41) is 3.16. The van der Waals surface area contributed by atoms with Gasteiger partial charge in [0.1, 0.15) is 18.2 Å². The molecule has 0 amide bonds. The van der Waals surface area contributed by atoms with E-state index < -0.39 is 0 Å². The molecule has 0 spiro atoms. The molecule has 1 N–H and O–H groups in total. The van der Waals surface area contributed by atoms with Crippen LogP contribution in [0.4, 0.5) is 5.82 Å². The SMILES string of the molecule is CCNc1cc(Oc2ccccc2)nc(COCC)n1. The Morgan fingerprint density at radius 2 is 1.90 bits per heavy atom. The molecular weight excluding hydrogens is 254 g/mol. The number of benzene rings is 1. The van der Waals surface area contributed by atoms with Crippen LogP contribution in [0.5, 0.6) is 11.6 Å². The number of para-hydroxylation sites is 1. The van der Waals surface area contributed by atoms with Crippen molar-refractivity contribution in [2.75, 3.05) is 18.5 Å². The lowest BCUT2D eigenvalue weighted by atomic mass is 10.3. The Hall–Kier alpha value is -2.14. The second-order valence-corrected chi connectivity index (χ2v) is 4.09. The first-order valence-corrected chi connectivity index (χ1v) is 6.74. The van der Waals surface area contributed by atoms with Gasteiger partial charge in [0.25, 0.3) is 0 Å². The van der Waals surface area contributed by atoms with Crippen LogP contribution in [0.25, 0.3) is 0 Å². The standard InChI is InChI=1S/C15H19N3O2/c1-3-16-13-10-15(18-14(17-13)11-19-4-2)20-12-8-6-5-7-9-12/h5-10H,3-4,11H2,1-2H3,(H,16,17,18). The Balaban J connectivity index is 2.19. The molecule has 0 fully saturated rings. The summed E-state index contributed by atoms with van der Waals surface area (Å²) in [5.41, 5.74) is 0. The topological polar surface area (TPSA) is 56.3 Å². The Morgan fingerprint density at radius 1 is 1.10 bits per heavy atom. The largest absolute Gasteiger partial charge is 0.439 e. The van der Waals surface area contributed by atoms with E-state index in [1.54, 1.807) is 6.07 Å². The van der Waals surface area contributed by atoms with Gasteiger partial charge in [-0.2, -0.15) is 4.98 Å². The van der Waals surface area contributed by atoms with E-state index in [1.165, 1.54) is 0 Å². The first-order valence-electron chi connectivity index (χ1n) is 6.74. The van der Waals surface area contributed by atoms with Crippen molar-refractivity contribution in [1.29, 1.82) is 0 Å². The molecule has 0 aliphatic carbocycles. The van der Waals surface area contributed by atoms with Gasteiger partial charge in [0.2, 0.25) is 5.88 Å². The van der Waals surface area contributed by atoms with Crippen molar-refractivity contribution in [3.05, 3.63) is 42.2 Å². The first kappa shape index (κ1) is 14.3. The summed E-state index contributed by atoms with van der Waals surface area (Å²) in [6.07, 6.45) is 0. The van der Waals surface area contributed by atoms with Crippen LogP contribution in [-0.4, -0.2) is 23.1 Å². The van der Waals surface area contributed by atoms with Crippen LogP contribution >= 0.6 is 0 Å². The molecule has 0 saturated heterocycles. The maximum atomic E-state index is 5.74. The molecule has 5 nitrogen and oxygen atoms in total. The van der Waals surface area contributed by atoms with Crippen LogP contribution in [0.2, 0.25) is 0 Å². The highest BCUT2D eigenvalue weighted by atomic mass is 16.5. The van der Waals surface area contributed by atoms with Crippen LogP contribution in [0.15, 0.2) is 36.4 Å². The van der Waals surface area contributed by atoms with Crippen molar-refractivity contribution in [1.82, 2.24) is 9.97 Å². The average molecular weight is 273 g/mol. The molecule has 5 heteroatoms. The maximum absolute atomic E-state index is 5.74. The van der Waals surface area contributed by atoms with E-state index in [0.717, 1.165) is 18.1 Å². The molecule has 2 aromatic rings. The summed E-state index contributed by atoms with van der Waals surface area (Å²) in [6, 6.07) is 11.3. The number of rotatable bonds is 7. The zero-order valence-electron chi connectivity index (χ0n) is 11.8. The van der Waals surface area contributed by atoms with E-state index >= 15 is 0 Å². The molecule has 2 rings (SSSR count). The summed E-state index contributed by atoms with van der Waals surface area (Å²) in [7, 11) is 0. The number of nitrogens with zero attached hydrogens (tertiary/aromatic N) is 2. The minimum absolute atomic E-state index is 0.376. The number of nitrogens with one attached hydrogen (secondary N) is 1. The highest BCUT2D eigenvalue weighted by Crippen LogP contribution is 2.21. The molecular formula is C15H19N3O2. The molecule has 0 radical (unpaired) electrons. The number of ether oxygens (including phenoxy) is 2. The zero-order valence-corrected chi connectivity index (χ0v) is 11.8. The minimum atomic E-state index is 0.376. The summed E-state index contributed by atoms with van der Waals surface area (Å²) < 4.78 is 11.1. The normalized spacial score (nSPS) is 10.3. The third kappa shape index (κ3) is 4.20. The van der Waals surface area contributed by atoms with Crippen molar-refractivity contribution in [2.24, 2.45) is 0 Å². The monoisotopic (exact) mass is 273 g/mol. The summed E-state index contributed by atoms with van der Waals surface area (Å²) in [5.74, 6) is 2.60. The second-order valence-electron chi connectivity index (χ2n) is 4.09. The predicted octanol–water partition coefficient (Wildman–Crippen LogP) is 3.24. The lowest BCUT2D eigenvalue weighted by Gasteiger charge is -2.10. The van der Waals surface area contributed by atoms with Gasteiger partial charge < -0.3 is 14.8 Å². The van der Waals surface area contributed by atoms with Gasteiger partial charge in [-0.1, -0.05) is 18.2 Å². The lowest BCUT2D eigenvalue weighted by molar-refractivity contribution is 0.128. The summed E-state index contributed by atoms with van der Waals surface area (Å²) in [6.45, 7) is 5.75. The Kier molecular flexibility index (Phi) is 5.32. The molecule has 0 aliphatic heterocycles. The number of hydrogen-bond acceptors (Lipinski definition) is 5. The van der Waals surface area contributed by atoms with E-state index in [-0.39, 0.29) is 0 Å². The zero-order chi connectivity index (χ0) is 14.2. The van der Waals surface area contributed by atoms with E-state index in [4.69, 9.17) is 9.47 Å². The van der Waals surface area contributed by atoms with E-state index in [0.29, 0.717) is 24.9 Å². The fourth-order valence-electron chi connectivity index (χ4n) is 1.66. The molecule has 0 saturated carbocycles. The molecule has 0 bridgehead atoms. The van der Waals surface area contributed by atoms with Crippen LogP contribution in [0.3, 0.4) is 0 Å². The van der Waals surface area contributed by atoms with Crippen molar-refractivity contribution in [2.45, 2.75) is 20.5 Å². The van der Waals surface area contributed by atoms with Crippen molar-refractivity contribution in [3.8, 4) is 11.6 Å². The van der Waals surface area contributed by atoms with Gasteiger partial charge in [-0.15, -0.1) is 0 Å². The molecule has 1 aromatic heterocycles. The van der Waals surface area contributed by atoms with Gasteiger partial charge in [-0.25, -0.2) is 4.98 Å². The average Bonchev–Trinajstić information content (AvgIpc) is 2.46. The van der Waals surface area contributed by atoms with Crippen molar-refractivity contribution in [3.63, 3.8) is 0 Å². The molecule has 1 aromatic carbocycles. The minimum Gasteiger partial charge on any atom is -0.439 e. The van der Waals surface area contributed by atoms with Gasteiger partial charge in [0.05, 0.1) is 0 Å². The lowest BCUT2D eigenvalue weighted by Crippen LogP contribution is -2.06. The third-order valence-corrected chi connectivity index (χ3v) is 2.51. The summed E-state index contributed by atoms with van der Waals surface area (Å²) >= 11 is 0. The van der Waals surface area contributed by atoms with Crippen LogP contribution in [-0.2, 0) is 11.3 Å². The number of hydrogen-bond donors (Lipinski definition) is 1. The van der Waals surface area contributed by atoms with Crippen LogP contribution < -0.4 is 10.1 Å². The quantitative estimate of drug-likeness (QED) is 0.839. The van der Waals surface area contributed by atoms with Gasteiger partial charge in [-0.05, 0) is 26.0 Å². The third-order valence-electron chi connectivity index (χ3n) is 2.51. The molecule has 106 valence electrons. The molecule has 0 atom stereocenters. The van der Waals surface area contributed by atoms with E-state index in [9.17, 15) is 0 Å². The highest BCUT2D eigenvalue weighted by Gasteiger charge is 2.06. The summed E-state index contributed by atoms with van der Waals surface area (Å²) in [4.78, 5) is 8.73. The molecule has 20 heavy (non-hydrogen) atoms. The van der Waals surface area contributed by atoms with Gasteiger partial charge in [0, 0.05) is 19.2 Å². The molecule has 0 aliphatic rings. The van der Waals surface area contributed by atoms with E-state index in [1.807, 2.05) is 44.2 Å². The number of anilines is 1. The predicted molar refractivity (Wildman–Crippen MR) is 78.0 cm³/mol. The fourth-order valence-corrected chi connectivity index (χ4v) is 1.66. The Morgan fingerprint density at radius 3 is 2.60 bits per heavy atom. The Labute approximate surface area is 119 Å². The smallest absolute Gasteiger partial charge is 0.224 e. The van der Waals surface area contributed by atoms with E-state index in [2.05, 4.69) is 15.3 Å². The van der Waals surface area contributed by atoms with Gasteiger partial charge in [-0.3, -0.25) is 0 Å². The fraction of sp³-hybridized carbons (Fsp3) is 0.333. The first-order chi connectivity index (χ1) is 9.81. The maximum Gasteiger partial charge on any atom is 0.224 e. The molecule has 1 heterocycles.